The lowest BCUT2D eigenvalue weighted by molar-refractivity contribution is 0.263. The first kappa shape index (κ1) is 11.2. The van der Waals surface area contributed by atoms with E-state index in [0.717, 1.165) is 19.0 Å². The summed E-state index contributed by atoms with van der Waals surface area (Å²) in [4.78, 5) is 6.55. The van der Waals surface area contributed by atoms with Crippen molar-refractivity contribution in [2.24, 2.45) is 11.3 Å². The van der Waals surface area contributed by atoms with Crippen LogP contribution in [0.5, 0.6) is 0 Å². The van der Waals surface area contributed by atoms with Gasteiger partial charge in [-0.05, 0) is 29.9 Å². The number of nitrogens with two attached hydrogens (primary N) is 1. The zero-order valence-electron chi connectivity index (χ0n) is 10.4. The van der Waals surface area contributed by atoms with Gasteiger partial charge in [-0.1, -0.05) is 20.8 Å². The Morgan fingerprint density at radius 1 is 1.38 bits per heavy atom. The van der Waals surface area contributed by atoms with E-state index in [9.17, 15) is 0 Å². The highest BCUT2D eigenvalue weighted by atomic mass is 15.2. The summed E-state index contributed by atoms with van der Waals surface area (Å²) < 4.78 is 0. The molecule has 2 rings (SSSR count). The summed E-state index contributed by atoms with van der Waals surface area (Å²) in [5, 5.41) is 0. The highest BCUT2D eigenvalue weighted by Crippen LogP contribution is 2.35. The van der Waals surface area contributed by atoms with Crippen LogP contribution in [-0.4, -0.2) is 18.1 Å². The first-order chi connectivity index (χ1) is 7.47. The van der Waals surface area contributed by atoms with Crippen LogP contribution < -0.4 is 10.6 Å². The van der Waals surface area contributed by atoms with E-state index in [1.807, 2.05) is 12.3 Å². The van der Waals surface area contributed by atoms with Crippen molar-refractivity contribution in [2.45, 2.75) is 27.2 Å². The summed E-state index contributed by atoms with van der Waals surface area (Å²) in [5.74, 6) is 1.36. The van der Waals surface area contributed by atoms with Crippen molar-refractivity contribution in [1.29, 1.82) is 0 Å². The smallest absolute Gasteiger partial charge is 0.123 e. The minimum absolute atomic E-state index is 0.399. The number of nitrogens with zero attached hydrogens (tertiary/aromatic N) is 2. The molecule has 1 saturated heterocycles. The molecule has 1 fully saturated rings. The molecule has 88 valence electrons. The van der Waals surface area contributed by atoms with E-state index in [2.05, 4.69) is 36.7 Å². The Labute approximate surface area is 97.7 Å². The van der Waals surface area contributed by atoms with Crippen LogP contribution in [0.1, 0.15) is 27.2 Å². The molecule has 2 heterocycles. The van der Waals surface area contributed by atoms with Crippen LogP contribution in [0.25, 0.3) is 0 Å². The molecule has 0 amide bonds. The van der Waals surface area contributed by atoms with E-state index >= 15 is 0 Å². The lowest BCUT2D eigenvalue weighted by atomic mass is 9.80. The van der Waals surface area contributed by atoms with Crippen LogP contribution in [0.3, 0.4) is 0 Å². The third-order valence-corrected chi connectivity index (χ3v) is 3.55. The Kier molecular flexibility index (Phi) is 2.78. The number of aromatic nitrogens is 1. The highest BCUT2D eigenvalue weighted by molar-refractivity contribution is 5.48. The molecule has 0 saturated carbocycles. The maximum atomic E-state index is 5.59. The quantitative estimate of drug-likeness (QED) is 0.789. The highest BCUT2D eigenvalue weighted by Gasteiger charge is 2.31. The van der Waals surface area contributed by atoms with Gasteiger partial charge in [-0.2, -0.15) is 0 Å². The van der Waals surface area contributed by atoms with Crippen molar-refractivity contribution in [3.05, 3.63) is 18.3 Å². The minimum atomic E-state index is 0.399. The maximum absolute atomic E-state index is 5.59. The van der Waals surface area contributed by atoms with Gasteiger partial charge < -0.3 is 10.6 Å². The largest absolute Gasteiger partial charge is 0.384 e. The second-order valence-electron chi connectivity index (χ2n) is 5.74. The van der Waals surface area contributed by atoms with E-state index in [1.54, 1.807) is 0 Å². The molecule has 1 aliphatic heterocycles. The molecule has 16 heavy (non-hydrogen) atoms. The third-order valence-electron chi connectivity index (χ3n) is 3.55. The lowest BCUT2D eigenvalue weighted by Crippen LogP contribution is -2.25. The van der Waals surface area contributed by atoms with E-state index in [0.29, 0.717) is 11.2 Å². The van der Waals surface area contributed by atoms with Crippen LogP contribution in [0.2, 0.25) is 0 Å². The summed E-state index contributed by atoms with van der Waals surface area (Å²) in [7, 11) is 0. The number of hydrogen-bond donors (Lipinski definition) is 1. The Morgan fingerprint density at radius 3 is 2.62 bits per heavy atom. The van der Waals surface area contributed by atoms with Gasteiger partial charge in [-0.25, -0.2) is 4.98 Å². The van der Waals surface area contributed by atoms with Crippen LogP contribution in [0.4, 0.5) is 11.5 Å². The van der Waals surface area contributed by atoms with Crippen LogP contribution in [0.15, 0.2) is 18.3 Å². The van der Waals surface area contributed by atoms with Gasteiger partial charge in [0.15, 0.2) is 0 Å². The second kappa shape index (κ2) is 3.96. The molecule has 0 bridgehead atoms. The molecule has 2 N–H and O–H groups in total. The molecular formula is C13H21N3. The number of nitrogen functional groups attached to an aromatic ring is 1. The summed E-state index contributed by atoms with van der Waals surface area (Å²) in [6, 6.07) is 3.94. The van der Waals surface area contributed by atoms with E-state index in [1.165, 1.54) is 12.1 Å². The average molecular weight is 219 g/mol. The zero-order chi connectivity index (χ0) is 11.8. The molecule has 0 radical (unpaired) electrons. The van der Waals surface area contributed by atoms with Gasteiger partial charge in [-0.3, -0.25) is 0 Å². The van der Waals surface area contributed by atoms with Crippen molar-refractivity contribution in [2.75, 3.05) is 23.7 Å². The third kappa shape index (κ3) is 2.29. The SMILES string of the molecule is CC(C)(C)C1CCN(c2ccc(N)nc2)C1. The second-order valence-corrected chi connectivity index (χ2v) is 5.74. The predicted molar refractivity (Wildman–Crippen MR) is 68.4 cm³/mol. The zero-order valence-corrected chi connectivity index (χ0v) is 10.4. The molecular weight excluding hydrogens is 198 g/mol. The molecule has 1 atom stereocenters. The summed E-state index contributed by atoms with van der Waals surface area (Å²) >= 11 is 0. The number of pyridine rings is 1. The van der Waals surface area contributed by atoms with Crippen molar-refractivity contribution in [3.8, 4) is 0 Å². The van der Waals surface area contributed by atoms with Crippen LogP contribution in [0, 0.1) is 11.3 Å². The van der Waals surface area contributed by atoms with Gasteiger partial charge >= 0.3 is 0 Å². The topological polar surface area (TPSA) is 42.1 Å². The van der Waals surface area contributed by atoms with Gasteiger partial charge in [0.05, 0.1) is 11.9 Å². The van der Waals surface area contributed by atoms with Gasteiger partial charge in [0.1, 0.15) is 5.82 Å². The molecule has 3 nitrogen and oxygen atoms in total. The van der Waals surface area contributed by atoms with Crippen molar-refractivity contribution in [3.63, 3.8) is 0 Å². The van der Waals surface area contributed by atoms with E-state index < -0.39 is 0 Å². The van der Waals surface area contributed by atoms with Crippen molar-refractivity contribution < 1.29 is 0 Å². The molecule has 0 spiro atoms. The predicted octanol–water partition coefficient (Wildman–Crippen LogP) is 2.54. The lowest BCUT2D eigenvalue weighted by Gasteiger charge is -2.27. The normalized spacial score (nSPS) is 21.4. The summed E-state index contributed by atoms with van der Waals surface area (Å²) in [5.41, 5.74) is 7.19. The number of rotatable bonds is 1. The maximum Gasteiger partial charge on any atom is 0.123 e. The molecule has 1 aliphatic rings. The molecule has 0 aliphatic carbocycles. The van der Waals surface area contributed by atoms with Crippen LogP contribution >= 0.6 is 0 Å². The fourth-order valence-corrected chi connectivity index (χ4v) is 2.29. The summed E-state index contributed by atoms with van der Waals surface area (Å²) in [6.07, 6.45) is 3.15. The number of anilines is 2. The Morgan fingerprint density at radius 2 is 2.12 bits per heavy atom. The molecule has 1 aromatic heterocycles. The Bertz CT molecular complexity index is 350. The van der Waals surface area contributed by atoms with Gasteiger partial charge in [-0.15, -0.1) is 0 Å². The van der Waals surface area contributed by atoms with Gasteiger partial charge in [0.25, 0.3) is 0 Å². The molecule has 1 aromatic rings. The van der Waals surface area contributed by atoms with Crippen LogP contribution in [-0.2, 0) is 0 Å². The fraction of sp³-hybridized carbons (Fsp3) is 0.615. The molecule has 3 heteroatoms. The standard InChI is InChI=1S/C13H21N3/c1-13(2,3)10-6-7-16(9-10)11-4-5-12(14)15-8-11/h4-5,8,10H,6-7,9H2,1-3H3,(H2,14,15). The molecule has 0 aromatic carbocycles. The monoisotopic (exact) mass is 219 g/mol. The first-order valence-corrected chi connectivity index (χ1v) is 5.93. The minimum Gasteiger partial charge on any atom is -0.384 e. The van der Waals surface area contributed by atoms with Gasteiger partial charge in [0.2, 0.25) is 0 Å². The van der Waals surface area contributed by atoms with Crippen molar-refractivity contribution >= 4 is 11.5 Å². The Hall–Kier alpha value is -1.25. The average Bonchev–Trinajstić information content (AvgIpc) is 2.67. The van der Waals surface area contributed by atoms with Crippen molar-refractivity contribution in [1.82, 2.24) is 4.98 Å². The summed E-state index contributed by atoms with van der Waals surface area (Å²) in [6.45, 7) is 9.23. The molecule has 1 unspecified atom stereocenters. The van der Waals surface area contributed by atoms with E-state index in [-0.39, 0.29) is 0 Å². The number of hydrogen-bond acceptors (Lipinski definition) is 3. The fourth-order valence-electron chi connectivity index (χ4n) is 2.29. The van der Waals surface area contributed by atoms with E-state index in [4.69, 9.17) is 5.73 Å². The first-order valence-electron chi connectivity index (χ1n) is 5.93. The van der Waals surface area contributed by atoms with Gasteiger partial charge in [0, 0.05) is 13.1 Å². The Balaban J connectivity index is 2.06.